The Morgan fingerprint density at radius 1 is 1.68 bits per heavy atom. The molecule has 1 N–H and O–H groups in total. The Hall–Kier alpha value is -1.96. The van der Waals surface area contributed by atoms with Gasteiger partial charge in [-0.15, -0.1) is 0 Å². The number of hydrogen-bond donors (Lipinski definition) is 1. The Morgan fingerprint density at radius 2 is 2.42 bits per heavy atom. The zero-order valence-corrected chi connectivity index (χ0v) is 10.9. The Bertz CT molecular complexity index is 505. The monoisotopic (exact) mass is 268 g/mol. The minimum atomic E-state index is -0.580. The van der Waals surface area contributed by atoms with Gasteiger partial charge in [-0.1, -0.05) is 0 Å². The lowest BCUT2D eigenvalue weighted by Gasteiger charge is -2.09. The molecule has 0 saturated carbocycles. The second-order valence-corrected chi connectivity index (χ2v) is 4.51. The Labute approximate surface area is 109 Å². The number of amides is 1. The highest BCUT2D eigenvalue weighted by molar-refractivity contribution is 5.96. The lowest BCUT2D eigenvalue weighted by atomic mass is 10.2. The fourth-order valence-corrected chi connectivity index (χ4v) is 2.06. The van der Waals surface area contributed by atoms with Gasteiger partial charge in [0.05, 0.1) is 11.0 Å². The van der Waals surface area contributed by atoms with Gasteiger partial charge in [-0.2, -0.15) is 5.10 Å². The number of nitro groups is 1. The maximum atomic E-state index is 11.9. The largest absolute Gasteiger partial charge is 0.376 e. The van der Waals surface area contributed by atoms with Crippen molar-refractivity contribution in [3.05, 3.63) is 21.5 Å². The fourth-order valence-electron chi connectivity index (χ4n) is 2.06. The molecule has 1 fully saturated rings. The van der Waals surface area contributed by atoms with Gasteiger partial charge in [-0.3, -0.25) is 19.6 Å². The molecule has 1 atom stereocenters. The summed E-state index contributed by atoms with van der Waals surface area (Å²) >= 11 is 0. The van der Waals surface area contributed by atoms with Crippen LogP contribution in [0.5, 0.6) is 0 Å². The van der Waals surface area contributed by atoms with Gasteiger partial charge in [0.2, 0.25) is 5.69 Å². The molecule has 1 aromatic rings. The molecule has 2 heterocycles. The van der Waals surface area contributed by atoms with Crippen LogP contribution in [0.4, 0.5) is 5.69 Å². The average molecular weight is 268 g/mol. The molecule has 1 aromatic heterocycles. The second kappa shape index (κ2) is 5.35. The van der Waals surface area contributed by atoms with Crippen molar-refractivity contribution >= 4 is 11.6 Å². The summed E-state index contributed by atoms with van der Waals surface area (Å²) in [5.74, 6) is -0.536. The quantitative estimate of drug-likeness (QED) is 0.634. The van der Waals surface area contributed by atoms with Crippen LogP contribution < -0.4 is 5.32 Å². The van der Waals surface area contributed by atoms with Crippen LogP contribution in [0.3, 0.4) is 0 Å². The molecule has 104 valence electrons. The molecule has 0 bridgehead atoms. The molecule has 0 spiro atoms. The number of aryl methyl sites for hydroxylation is 1. The zero-order valence-electron chi connectivity index (χ0n) is 10.9. The van der Waals surface area contributed by atoms with Gasteiger partial charge in [0.15, 0.2) is 0 Å². The highest BCUT2D eigenvalue weighted by Crippen LogP contribution is 2.22. The normalized spacial score (nSPS) is 18.5. The van der Waals surface area contributed by atoms with E-state index in [2.05, 4.69) is 10.4 Å². The first-order valence-corrected chi connectivity index (χ1v) is 6.08. The lowest BCUT2D eigenvalue weighted by molar-refractivity contribution is -0.385. The van der Waals surface area contributed by atoms with E-state index in [-0.39, 0.29) is 17.5 Å². The van der Waals surface area contributed by atoms with Gasteiger partial charge in [0.25, 0.3) is 5.91 Å². The van der Waals surface area contributed by atoms with Crippen molar-refractivity contribution in [2.75, 3.05) is 13.2 Å². The molecule has 1 saturated heterocycles. The summed E-state index contributed by atoms with van der Waals surface area (Å²) < 4.78 is 6.70. The number of nitrogens with zero attached hydrogens (tertiary/aromatic N) is 3. The Morgan fingerprint density at radius 3 is 3.00 bits per heavy atom. The van der Waals surface area contributed by atoms with Gasteiger partial charge in [0, 0.05) is 20.2 Å². The van der Waals surface area contributed by atoms with Crippen molar-refractivity contribution < 1.29 is 14.5 Å². The number of carbonyl (C=O) groups is 1. The Balaban J connectivity index is 2.10. The molecule has 1 unspecified atom stereocenters. The number of hydrogen-bond acceptors (Lipinski definition) is 5. The maximum Gasteiger partial charge on any atom is 0.322 e. The molecule has 19 heavy (non-hydrogen) atoms. The smallest absolute Gasteiger partial charge is 0.322 e. The molecule has 1 amide bonds. The van der Waals surface area contributed by atoms with Crippen LogP contribution in [-0.4, -0.2) is 39.9 Å². The number of rotatable bonds is 4. The van der Waals surface area contributed by atoms with E-state index in [1.807, 2.05) is 0 Å². The van der Waals surface area contributed by atoms with E-state index in [4.69, 9.17) is 4.74 Å². The molecular formula is C11H16N4O4. The summed E-state index contributed by atoms with van der Waals surface area (Å²) in [6.45, 7) is 2.61. The Kier molecular flexibility index (Phi) is 3.79. The SMILES string of the molecule is Cc1c([N+](=O)[O-])c(C(=O)NCC2CCCO2)nn1C. The van der Waals surface area contributed by atoms with E-state index >= 15 is 0 Å². The van der Waals surface area contributed by atoms with E-state index in [0.717, 1.165) is 12.8 Å². The first-order valence-electron chi connectivity index (χ1n) is 6.08. The van der Waals surface area contributed by atoms with Crippen molar-refractivity contribution in [3.63, 3.8) is 0 Å². The summed E-state index contributed by atoms with van der Waals surface area (Å²) in [6.07, 6.45) is 1.86. The molecule has 1 aliphatic heterocycles. The first kappa shape index (κ1) is 13.5. The molecule has 0 radical (unpaired) electrons. The van der Waals surface area contributed by atoms with Crippen molar-refractivity contribution in [2.24, 2.45) is 7.05 Å². The number of carbonyl (C=O) groups excluding carboxylic acids is 1. The molecule has 8 nitrogen and oxygen atoms in total. The van der Waals surface area contributed by atoms with Crippen LogP contribution >= 0.6 is 0 Å². The predicted octanol–water partition coefficient (Wildman–Crippen LogP) is 0.546. The second-order valence-electron chi connectivity index (χ2n) is 4.51. The predicted molar refractivity (Wildman–Crippen MR) is 65.9 cm³/mol. The van der Waals surface area contributed by atoms with E-state index in [1.54, 1.807) is 14.0 Å². The maximum absolute atomic E-state index is 11.9. The standard InChI is InChI=1S/C11H16N4O4/c1-7-10(15(17)18)9(13-14(7)2)11(16)12-6-8-4-3-5-19-8/h8H,3-6H2,1-2H3,(H,12,16). The molecule has 0 aliphatic carbocycles. The summed E-state index contributed by atoms with van der Waals surface area (Å²) in [5, 5.41) is 17.5. The molecule has 0 aromatic carbocycles. The fraction of sp³-hybridized carbons (Fsp3) is 0.636. The average Bonchev–Trinajstić information content (AvgIpc) is 2.95. The summed E-state index contributed by atoms with van der Waals surface area (Å²) in [5.41, 5.74) is -0.0393. The number of ether oxygens (including phenoxy) is 1. The van der Waals surface area contributed by atoms with Gasteiger partial charge >= 0.3 is 5.69 Å². The topological polar surface area (TPSA) is 99.3 Å². The van der Waals surface area contributed by atoms with Crippen molar-refractivity contribution in [1.82, 2.24) is 15.1 Å². The first-order chi connectivity index (χ1) is 9.00. The van der Waals surface area contributed by atoms with Crippen LogP contribution in [0.1, 0.15) is 29.0 Å². The lowest BCUT2D eigenvalue weighted by Crippen LogP contribution is -2.32. The highest BCUT2D eigenvalue weighted by atomic mass is 16.6. The molecular weight excluding hydrogens is 252 g/mol. The van der Waals surface area contributed by atoms with E-state index in [9.17, 15) is 14.9 Å². The van der Waals surface area contributed by atoms with Gasteiger partial charge < -0.3 is 10.1 Å². The van der Waals surface area contributed by atoms with Crippen LogP contribution in [0.15, 0.2) is 0 Å². The van der Waals surface area contributed by atoms with Gasteiger partial charge in [-0.25, -0.2) is 0 Å². The van der Waals surface area contributed by atoms with Crippen LogP contribution in [0.2, 0.25) is 0 Å². The third kappa shape index (κ3) is 2.73. The highest BCUT2D eigenvalue weighted by Gasteiger charge is 2.29. The van der Waals surface area contributed by atoms with Gasteiger partial charge in [0.1, 0.15) is 5.69 Å². The van der Waals surface area contributed by atoms with Crippen LogP contribution in [-0.2, 0) is 11.8 Å². The van der Waals surface area contributed by atoms with E-state index < -0.39 is 10.8 Å². The van der Waals surface area contributed by atoms with E-state index in [1.165, 1.54) is 4.68 Å². The van der Waals surface area contributed by atoms with Crippen molar-refractivity contribution in [1.29, 1.82) is 0 Å². The van der Waals surface area contributed by atoms with Crippen molar-refractivity contribution in [3.8, 4) is 0 Å². The number of aromatic nitrogens is 2. The van der Waals surface area contributed by atoms with Crippen LogP contribution in [0, 0.1) is 17.0 Å². The summed E-state index contributed by atoms with van der Waals surface area (Å²) in [4.78, 5) is 22.3. The third-order valence-corrected chi connectivity index (χ3v) is 3.21. The zero-order chi connectivity index (χ0) is 14.0. The van der Waals surface area contributed by atoms with Gasteiger partial charge in [-0.05, 0) is 19.8 Å². The summed E-state index contributed by atoms with van der Waals surface area (Å²) in [6, 6.07) is 0. The van der Waals surface area contributed by atoms with Crippen molar-refractivity contribution in [2.45, 2.75) is 25.9 Å². The minimum Gasteiger partial charge on any atom is -0.376 e. The molecule has 1 aliphatic rings. The van der Waals surface area contributed by atoms with E-state index in [0.29, 0.717) is 18.8 Å². The molecule has 8 heteroatoms. The third-order valence-electron chi connectivity index (χ3n) is 3.21. The van der Waals surface area contributed by atoms with Crippen LogP contribution in [0.25, 0.3) is 0 Å². The summed E-state index contributed by atoms with van der Waals surface area (Å²) in [7, 11) is 1.57. The minimum absolute atomic E-state index is 0.00665. The molecule has 2 rings (SSSR count). The number of nitrogens with one attached hydrogen (secondary N) is 1.